The van der Waals surface area contributed by atoms with Gasteiger partial charge in [-0.05, 0) is 50.7 Å². The fourth-order valence-electron chi connectivity index (χ4n) is 3.56. The second kappa shape index (κ2) is 8.30. The third-order valence-corrected chi connectivity index (χ3v) is 6.09. The number of nitrogens with zero attached hydrogens (tertiary/aromatic N) is 2. The van der Waals surface area contributed by atoms with Crippen LogP contribution in [0.4, 0.5) is 13.2 Å². The maximum atomic E-state index is 12.9. The maximum Gasteiger partial charge on any atom is 0.452 e. The summed E-state index contributed by atoms with van der Waals surface area (Å²) in [6.07, 6.45) is -1.64. The zero-order valence-electron chi connectivity index (χ0n) is 15.0. The van der Waals surface area contributed by atoms with Crippen molar-refractivity contribution in [1.29, 1.82) is 0 Å². The summed E-state index contributed by atoms with van der Waals surface area (Å²) in [7, 11) is 0. The van der Waals surface area contributed by atoms with Crippen molar-refractivity contribution in [2.75, 3.05) is 19.7 Å². The minimum Gasteiger partial charge on any atom is -0.396 e. The Morgan fingerprint density at radius 3 is 2.85 bits per heavy atom. The average Bonchev–Trinajstić information content (AvgIpc) is 3.25. The molecule has 0 aromatic carbocycles. The van der Waals surface area contributed by atoms with Crippen molar-refractivity contribution in [2.45, 2.75) is 45.0 Å². The van der Waals surface area contributed by atoms with Crippen molar-refractivity contribution in [1.82, 2.24) is 10.1 Å². The molecule has 5 nitrogen and oxygen atoms in total. The van der Waals surface area contributed by atoms with E-state index in [1.54, 1.807) is 12.1 Å². The summed E-state index contributed by atoms with van der Waals surface area (Å²) < 4.78 is 43.1. The molecule has 0 aliphatic carbocycles. The van der Waals surface area contributed by atoms with Crippen LogP contribution in [0, 0.1) is 12.8 Å². The van der Waals surface area contributed by atoms with Crippen LogP contribution in [0.2, 0.25) is 0 Å². The Bertz CT molecular complexity index is 759. The van der Waals surface area contributed by atoms with Crippen LogP contribution in [0.15, 0.2) is 16.7 Å². The lowest BCUT2D eigenvalue weighted by Gasteiger charge is -2.35. The van der Waals surface area contributed by atoms with E-state index in [0.29, 0.717) is 15.7 Å². The minimum absolute atomic E-state index is 0.0487. The third-order valence-electron chi connectivity index (χ3n) is 4.96. The van der Waals surface area contributed by atoms with Gasteiger partial charge in [-0.15, -0.1) is 11.3 Å². The highest BCUT2D eigenvalue weighted by atomic mass is 32.1. The molecule has 150 valence electrons. The summed E-state index contributed by atoms with van der Waals surface area (Å²) in [6.45, 7) is 3.02. The van der Waals surface area contributed by atoms with Crippen LogP contribution in [0.5, 0.6) is 0 Å². The smallest absolute Gasteiger partial charge is 0.396 e. The summed E-state index contributed by atoms with van der Waals surface area (Å²) in [5, 5.41) is 23.3. The molecular weight excluding hydrogens is 381 g/mol. The summed E-state index contributed by atoms with van der Waals surface area (Å²) in [4.78, 5) is 3.19. The van der Waals surface area contributed by atoms with Gasteiger partial charge in [-0.3, -0.25) is 4.90 Å². The van der Waals surface area contributed by atoms with Crippen LogP contribution >= 0.6 is 11.3 Å². The molecule has 1 aliphatic rings. The van der Waals surface area contributed by atoms with Crippen molar-refractivity contribution in [3.05, 3.63) is 28.3 Å². The Morgan fingerprint density at radius 2 is 2.19 bits per heavy atom. The van der Waals surface area contributed by atoms with E-state index in [4.69, 9.17) is 5.11 Å². The molecule has 3 rings (SSSR count). The molecule has 2 unspecified atom stereocenters. The van der Waals surface area contributed by atoms with Crippen LogP contribution in [0.25, 0.3) is 10.6 Å². The molecule has 2 atom stereocenters. The number of aliphatic hydroxyl groups excluding tert-OH is 2. The monoisotopic (exact) mass is 404 g/mol. The number of piperidine rings is 1. The normalized spacial score (nSPS) is 20.1. The van der Waals surface area contributed by atoms with Crippen molar-refractivity contribution in [2.24, 2.45) is 5.92 Å². The number of likely N-dealkylation sites (tertiary alicyclic amines) is 1. The highest BCUT2D eigenvalue weighted by Gasteiger charge is 2.39. The molecule has 1 aliphatic heterocycles. The molecule has 0 amide bonds. The molecule has 0 bridgehead atoms. The Morgan fingerprint density at radius 1 is 1.41 bits per heavy atom. The number of rotatable bonds is 6. The highest BCUT2D eigenvalue weighted by Crippen LogP contribution is 2.39. The fourth-order valence-corrected chi connectivity index (χ4v) is 4.63. The van der Waals surface area contributed by atoms with Gasteiger partial charge >= 0.3 is 6.18 Å². The van der Waals surface area contributed by atoms with Gasteiger partial charge in [0.05, 0.1) is 4.88 Å². The average molecular weight is 404 g/mol. The maximum absolute atomic E-state index is 12.9. The quantitative estimate of drug-likeness (QED) is 0.755. The lowest BCUT2D eigenvalue weighted by Crippen LogP contribution is -2.38. The van der Waals surface area contributed by atoms with Crippen LogP contribution in [-0.4, -0.2) is 40.0 Å². The molecular formula is C18H23F3N2O3S. The first-order valence-electron chi connectivity index (χ1n) is 8.97. The van der Waals surface area contributed by atoms with Gasteiger partial charge in [0, 0.05) is 30.1 Å². The molecule has 1 fully saturated rings. The molecule has 1 saturated heterocycles. The predicted molar refractivity (Wildman–Crippen MR) is 95.1 cm³/mol. The van der Waals surface area contributed by atoms with Gasteiger partial charge in [0.15, 0.2) is 0 Å². The van der Waals surface area contributed by atoms with Gasteiger partial charge in [-0.25, -0.2) is 0 Å². The van der Waals surface area contributed by atoms with E-state index < -0.39 is 18.2 Å². The van der Waals surface area contributed by atoms with E-state index in [1.165, 1.54) is 18.3 Å². The zero-order chi connectivity index (χ0) is 19.6. The second-order valence-corrected chi connectivity index (χ2v) is 8.04. The van der Waals surface area contributed by atoms with E-state index in [2.05, 4.69) is 9.68 Å². The molecule has 2 N–H and O–H groups in total. The molecule has 9 heteroatoms. The highest BCUT2D eigenvalue weighted by molar-refractivity contribution is 7.15. The summed E-state index contributed by atoms with van der Waals surface area (Å²) in [5.74, 6) is -0.650. The minimum atomic E-state index is -4.58. The molecule has 0 spiro atoms. The van der Waals surface area contributed by atoms with Gasteiger partial charge in [0.1, 0.15) is 11.9 Å². The summed E-state index contributed by atoms with van der Waals surface area (Å²) in [5.41, 5.74) is 0.109. The van der Waals surface area contributed by atoms with E-state index >= 15 is 0 Å². The fraction of sp³-hybridized carbons (Fsp3) is 0.611. The van der Waals surface area contributed by atoms with Crippen molar-refractivity contribution in [3.63, 3.8) is 0 Å². The van der Waals surface area contributed by atoms with Crippen LogP contribution in [0.1, 0.15) is 48.1 Å². The molecule has 2 aromatic heterocycles. The lowest BCUT2D eigenvalue weighted by molar-refractivity contribution is -0.156. The van der Waals surface area contributed by atoms with Crippen molar-refractivity contribution >= 4 is 11.3 Å². The first kappa shape index (κ1) is 20.3. The third kappa shape index (κ3) is 4.53. The number of aromatic nitrogens is 1. The standard InChI is InChI=1S/C18H23F3N2O3S/c1-11-15(22-26-16(11)18(19,20)21)13-6-7-14(27-13)17(25)23-8-2-4-12(10-23)5-3-9-24/h6-7,12,17,24-25H,2-5,8-10H2,1H3. The first-order chi connectivity index (χ1) is 12.8. The van der Waals surface area contributed by atoms with Gasteiger partial charge < -0.3 is 14.7 Å². The van der Waals surface area contributed by atoms with Crippen LogP contribution in [0.3, 0.4) is 0 Å². The second-order valence-electron chi connectivity index (χ2n) is 6.93. The SMILES string of the molecule is Cc1c(-c2ccc(C(O)N3CCCC(CCCO)C3)s2)noc1C(F)(F)F. The molecule has 2 aromatic rings. The van der Waals surface area contributed by atoms with E-state index in [-0.39, 0.29) is 17.9 Å². The van der Waals surface area contributed by atoms with E-state index in [9.17, 15) is 18.3 Å². The Labute approximate surface area is 159 Å². The Balaban J connectivity index is 1.73. The van der Waals surface area contributed by atoms with E-state index in [1.807, 2.05) is 4.90 Å². The summed E-state index contributed by atoms with van der Waals surface area (Å²) >= 11 is 1.22. The number of thiophene rings is 1. The van der Waals surface area contributed by atoms with Gasteiger partial charge in [-0.1, -0.05) is 5.16 Å². The predicted octanol–water partition coefficient (Wildman–Crippen LogP) is 4.21. The molecule has 0 saturated carbocycles. The van der Waals surface area contributed by atoms with Gasteiger partial charge in [0.25, 0.3) is 0 Å². The largest absolute Gasteiger partial charge is 0.452 e. The number of hydrogen-bond donors (Lipinski definition) is 2. The number of aliphatic hydroxyl groups is 2. The van der Waals surface area contributed by atoms with Crippen LogP contribution in [-0.2, 0) is 6.18 Å². The van der Waals surface area contributed by atoms with Gasteiger partial charge in [-0.2, -0.15) is 13.2 Å². The lowest BCUT2D eigenvalue weighted by atomic mass is 9.93. The molecule has 3 heterocycles. The number of hydrogen-bond acceptors (Lipinski definition) is 6. The molecule has 0 radical (unpaired) electrons. The van der Waals surface area contributed by atoms with Gasteiger partial charge in [0.2, 0.25) is 5.76 Å². The van der Waals surface area contributed by atoms with Crippen molar-refractivity contribution < 1.29 is 27.9 Å². The summed E-state index contributed by atoms with van der Waals surface area (Å²) in [6, 6.07) is 3.39. The Kier molecular flexibility index (Phi) is 6.25. The Hall–Kier alpha value is -1.42. The number of alkyl halides is 3. The first-order valence-corrected chi connectivity index (χ1v) is 9.79. The zero-order valence-corrected chi connectivity index (χ0v) is 15.8. The molecule has 27 heavy (non-hydrogen) atoms. The van der Waals surface area contributed by atoms with Crippen LogP contribution < -0.4 is 0 Å². The van der Waals surface area contributed by atoms with Crippen molar-refractivity contribution in [3.8, 4) is 10.6 Å². The topological polar surface area (TPSA) is 69.7 Å². The number of halogens is 3. The van der Waals surface area contributed by atoms with E-state index in [0.717, 1.165) is 38.8 Å².